The molecule has 1 atom stereocenters. The van der Waals surface area contributed by atoms with E-state index < -0.39 is 0 Å². The van der Waals surface area contributed by atoms with Crippen LogP contribution in [0.4, 0.5) is 4.39 Å². The van der Waals surface area contributed by atoms with Crippen LogP contribution in [0, 0.1) is 5.82 Å². The Morgan fingerprint density at radius 3 is 2.85 bits per heavy atom. The van der Waals surface area contributed by atoms with Crippen LogP contribution in [-0.4, -0.2) is 28.9 Å². The molecule has 1 fully saturated rings. The number of rotatable bonds is 3. The highest BCUT2D eigenvalue weighted by Gasteiger charge is 2.27. The fourth-order valence-corrected chi connectivity index (χ4v) is 3.32. The summed E-state index contributed by atoms with van der Waals surface area (Å²) < 4.78 is 19.5. The number of likely N-dealkylation sites (tertiary alicyclic amines) is 1. The van der Waals surface area contributed by atoms with E-state index in [1.54, 1.807) is 23.1 Å². The van der Waals surface area contributed by atoms with Gasteiger partial charge in [-0.05, 0) is 37.1 Å². The molecule has 0 unspecified atom stereocenters. The van der Waals surface area contributed by atoms with Gasteiger partial charge >= 0.3 is 0 Å². The molecule has 0 radical (unpaired) electrons. The standard InChI is InChI=1S/C21H19FN2O2/c22-17-8-2-1-6-15(17)11-12-20(25)24-13-5-7-16(14-24)21-23-18-9-3-4-10-19(18)26-21/h1-4,6,8-12,16H,5,7,13-14H2/b12-11+/t16-/m1/s1. The summed E-state index contributed by atoms with van der Waals surface area (Å²) in [5.74, 6) is 0.317. The van der Waals surface area contributed by atoms with Crippen molar-refractivity contribution < 1.29 is 13.6 Å². The first-order valence-corrected chi connectivity index (χ1v) is 8.78. The summed E-state index contributed by atoms with van der Waals surface area (Å²) in [5.41, 5.74) is 2.02. The Hall–Kier alpha value is -2.95. The second-order valence-electron chi connectivity index (χ2n) is 6.50. The van der Waals surface area contributed by atoms with Crippen molar-refractivity contribution in [3.8, 4) is 0 Å². The summed E-state index contributed by atoms with van der Waals surface area (Å²) in [5, 5.41) is 0. The van der Waals surface area contributed by atoms with Gasteiger partial charge in [-0.2, -0.15) is 0 Å². The minimum Gasteiger partial charge on any atom is -0.440 e. The van der Waals surface area contributed by atoms with E-state index in [1.807, 2.05) is 24.3 Å². The van der Waals surface area contributed by atoms with Crippen LogP contribution >= 0.6 is 0 Å². The molecule has 26 heavy (non-hydrogen) atoms. The summed E-state index contributed by atoms with van der Waals surface area (Å²) in [4.78, 5) is 18.8. The number of carbonyl (C=O) groups excluding carboxylic acids is 1. The van der Waals surface area contributed by atoms with Crippen LogP contribution in [0.3, 0.4) is 0 Å². The SMILES string of the molecule is O=C(/C=C/c1ccccc1F)N1CCC[C@@H](c2nc3ccccc3o2)C1. The highest BCUT2D eigenvalue weighted by molar-refractivity contribution is 5.91. The number of benzene rings is 2. The molecule has 0 aliphatic carbocycles. The first-order valence-electron chi connectivity index (χ1n) is 8.78. The van der Waals surface area contributed by atoms with Gasteiger partial charge in [-0.15, -0.1) is 0 Å². The number of fused-ring (bicyclic) bond motifs is 1. The molecule has 1 saturated heterocycles. The Kier molecular flexibility index (Phi) is 4.52. The molecule has 4 nitrogen and oxygen atoms in total. The lowest BCUT2D eigenvalue weighted by atomic mass is 9.98. The minimum absolute atomic E-state index is 0.0851. The number of aromatic nitrogens is 1. The second kappa shape index (κ2) is 7.12. The highest BCUT2D eigenvalue weighted by Crippen LogP contribution is 2.29. The normalized spacial score (nSPS) is 17.9. The number of oxazole rings is 1. The number of hydrogen-bond acceptors (Lipinski definition) is 3. The van der Waals surface area contributed by atoms with Gasteiger partial charge in [0.2, 0.25) is 5.91 Å². The maximum atomic E-state index is 13.7. The summed E-state index contributed by atoms with van der Waals surface area (Å²) in [6.07, 6.45) is 4.80. The third-order valence-electron chi connectivity index (χ3n) is 4.70. The van der Waals surface area contributed by atoms with Gasteiger partial charge in [-0.1, -0.05) is 30.3 Å². The number of halogens is 1. The van der Waals surface area contributed by atoms with Gasteiger partial charge in [-0.3, -0.25) is 4.79 Å². The van der Waals surface area contributed by atoms with Crippen LogP contribution in [0.15, 0.2) is 59.0 Å². The van der Waals surface area contributed by atoms with Crippen molar-refractivity contribution >= 4 is 23.1 Å². The van der Waals surface area contributed by atoms with E-state index in [2.05, 4.69) is 4.98 Å². The molecular formula is C21H19FN2O2. The number of hydrogen-bond donors (Lipinski definition) is 0. The Bertz CT molecular complexity index is 930. The molecular weight excluding hydrogens is 331 g/mol. The third kappa shape index (κ3) is 3.38. The molecule has 1 aromatic heterocycles. The molecule has 0 saturated carbocycles. The van der Waals surface area contributed by atoms with E-state index in [4.69, 9.17) is 4.42 Å². The van der Waals surface area contributed by atoms with Crippen molar-refractivity contribution in [3.05, 3.63) is 71.9 Å². The largest absolute Gasteiger partial charge is 0.440 e. The fourth-order valence-electron chi connectivity index (χ4n) is 3.32. The Labute approximate surface area is 150 Å². The molecule has 2 aromatic carbocycles. The average Bonchev–Trinajstić information content (AvgIpc) is 3.11. The van der Waals surface area contributed by atoms with E-state index >= 15 is 0 Å². The zero-order valence-electron chi connectivity index (χ0n) is 14.3. The van der Waals surface area contributed by atoms with Gasteiger partial charge in [0.25, 0.3) is 0 Å². The molecule has 1 aliphatic heterocycles. The Morgan fingerprint density at radius 1 is 1.19 bits per heavy atom. The van der Waals surface area contributed by atoms with Crippen LogP contribution in [0.5, 0.6) is 0 Å². The predicted molar refractivity (Wildman–Crippen MR) is 98.0 cm³/mol. The third-order valence-corrected chi connectivity index (χ3v) is 4.70. The number of carbonyl (C=O) groups is 1. The van der Waals surface area contributed by atoms with Crippen molar-refractivity contribution in [2.45, 2.75) is 18.8 Å². The summed E-state index contributed by atoms with van der Waals surface area (Å²) in [7, 11) is 0. The zero-order valence-corrected chi connectivity index (χ0v) is 14.3. The van der Waals surface area contributed by atoms with Crippen molar-refractivity contribution in [1.29, 1.82) is 0 Å². The molecule has 2 heterocycles. The van der Waals surface area contributed by atoms with Crippen molar-refractivity contribution in [2.75, 3.05) is 13.1 Å². The quantitative estimate of drug-likeness (QED) is 0.658. The van der Waals surface area contributed by atoms with Gasteiger partial charge in [0.05, 0.1) is 5.92 Å². The van der Waals surface area contributed by atoms with Gasteiger partial charge in [0.1, 0.15) is 11.3 Å². The number of amides is 1. The molecule has 5 heteroatoms. The molecule has 0 spiro atoms. The topological polar surface area (TPSA) is 46.3 Å². The first kappa shape index (κ1) is 16.5. The second-order valence-corrected chi connectivity index (χ2v) is 6.50. The van der Waals surface area contributed by atoms with Gasteiger partial charge < -0.3 is 9.32 Å². The van der Waals surface area contributed by atoms with Gasteiger partial charge in [-0.25, -0.2) is 9.37 Å². The van der Waals surface area contributed by atoms with Gasteiger partial charge in [0.15, 0.2) is 11.5 Å². The summed E-state index contributed by atoms with van der Waals surface area (Å²) in [6.45, 7) is 1.25. The van der Waals surface area contributed by atoms with E-state index in [-0.39, 0.29) is 17.6 Å². The molecule has 132 valence electrons. The van der Waals surface area contributed by atoms with Crippen LogP contribution in [0.25, 0.3) is 17.2 Å². The van der Waals surface area contributed by atoms with Crippen molar-refractivity contribution in [1.82, 2.24) is 9.88 Å². The summed E-state index contributed by atoms with van der Waals surface area (Å²) >= 11 is 0. The monoisotopic (exact) mass is 350 g/mol. The minimum atomic E-state index is -0.334. The van der Waals surface area contributed by atoms with E-state index in [0.717, 1.165) is 23.9 Å². The smallest absolute Gasteiger partial charge is 0.246 e. The van der Waals surface area contributed by atoms with E-state index in [9.17, 15) is 9.18 Å². The lowest BCUT2D eigenvalue weighted by Gasteiger charge is -2.30. The van der Waals surface area contributed by atoms with Crippen LogP contribution in [0.2, 0.25) is 0 Å². The lowest BCUT2D eigenvalue weighted by Crippen LogP contribution is -2.38. The molecule has 3 aromatic rings. The predicted octanol–water partition coefficient (Wildman–Crippen LogP) is 4.39. The van der Waals surface area contributed by atoms with Gasteiger partial charge in [0, 0.05) is 24.7 Å². The van der Waals surface area contributed by atoms with E-state index in [0.29, 0.717) is 24.5 Å². The summed E-state index contributed by atoms with van der Waals surface area (Å²) in [6, 6.07) is 14.1. The molecule has 0 N–H and O–H groups in total. The zero-order chi connectivity index (χ0) is 17.9. The maximum absolute atomic E-state index is 13.7. The fraction of sp³-hybridized carbons (Fsp3) is 0.238. The molecule has 4 rings (SSSR count). The molecule has 0 bridgehead atoms. The number of piperidine rings is 1. The average molecular weight is 350 g/mol. The van der Waals surface area contributed by atoms with Crippen molar-refractivity contribution in [3.63, 3.8) is 0 Å². The molecule has 1 aliphatic rings. The van der Waals surface area contributed by atoms with E-state index in [1.165, 1.54) is 18.2 Å². The first-order chi connectivity index (χ1) is 12.7. The van der Waals surface area contributed by atoms with Crippen LogP contribution in [0.1, 0.15) is 30.2 Å². The van der Waals surface area contributed by atoms with Crippen molar-refractivity contribution in [2.24, 2.45) is 0 Å². The maximum Gasteiger partial charge on any atom is 0.246 e. The van der Waals surface area contributed by atoms with Crippen LogP contribution in [-0.2, 0) is 4.79 Å². The Balaban J connectivity index is 1.47. The number of para-hydroxylation sites is 2. The Morgan fingerprint density at radius 2 is 2.00 bits per heavy atom. The van der Waals surface area contributed by atoms with Crippen LogP contribution < -0.4 is 0 Å². The lowest BCUT2D eigenvalue weighted by molar-refractivity contribution is -0.127. The number of nitrogens with zero attached hydrogens (tertiary/aromatic N) is 2. The highest BCUT2D eigenvalue weighted by atomic mass is 19.1. The molecule has 1 amide bonds.